The van der Waals surface area contributed by atoms with E-state index in [4.69, 9.17) is 23.2 Å². The molecule has 3 heteroatoms. The van der Waals surface area contributed by atoms with Gasteiger partial charge in [-0.25, -0.2) is 4.39 Å². The van der Waals surface area contributed by atoms with E-state index in [-0.39, 0.29) is 5.38 Å². The first-order chi connectivity index (χ1) is 6.22. The van der Waals surface area contributed by atoms with Crippen molar-refractivity contribution in [2.75, 3.05) is 5.88 Å². The largest absolute Gasteiger partial charge is 0.246 e. The summed E-state index contributed by atoms with van der Waals surface area (Å²) in [5, 5.41) is -0.310. The SMILES string of the molecule is CCCCC(F)C(Cl)CCCCCl. The van der Waals surface area contributed by atoms with Gasteiger partial charge in [0, 0.05) is 5.88 Å². The molecule has 0 N–H and O–H groups in total. The summed E-state index contributed by atoms with van der Waals surface area (Å²) in [5.41, 5.74) is 0. The molecule has 2 unspecified atom stereocenters. The number of hydrogen-bond acceptors (Lipinski definition) is 0. The number of hydrogen-bond donors (Lipinski definition) is 0. The maximum absolute atomic E-state index is 13.2. The lowest BCUT2D eigenvalue weighted by molar-refractivity contribution is 0.287. The predicted octanol–water partition coefficient (Wildman–Crippen LogP) is 4.53. The van der Waals surface area contributed by atoms with Gasteiger partial charge in [0.1, 0.15) is 6.17 Å². The molecule has 0 fully saturated rings. The normalized spacial score (nSPS) is 15.7. The van der Waals surface area contributed by atoms with Gasteiger partial charge in [-0.05, 0) is 19.3 Å². The fourth-order valence-corrected chi connectivity index (χ4v) is 1.66. The van der Waals surface area contributed by atoms with Crippen LogP contribution >= 0.6 is 23.2 Å². The molecule has 0 radical (unpaired) electrons. The van der Waals surface area contributed by atoms with Crippen LogP contribution in [0.15, 0.2) is 0 Å². The number of halogens is 3. The van der Waals surface area contributed by atoms with Gasteiger partial charge in [-0.2, -0.15) is 0 Å². The summed E-state index contributed by atoms with van der Waals surface area (Å²) in [5.74, 6) is 0.648. The average molecular weight is 229 g/mol. The van der Waals surface area contributed by atoms with Crippen LogP contribution in [0.25, 0.3) is 0 Å². The first-order valence-corrected chi connectivity index (χ1v) is 6.03. The highest BCUT2D eigenvalue weighted by atomic mass is 35.5. The molecule has 0 nitrogen and oxygen atoms in total. The molecule has 0 aliphatic rings. The zero-order valence-electron chi connectivity index (χ0n) is 8.24. The van der Waals surface area contributed by atoms with Crippen LogP contribution in [0.3, 0.4) is 0 Å². The Bertz CT molecular complexity index is 109. The van der Waals surface area contributed by atoms with E-state index in [0.717, 1.165) is 32.1 Å². The lowest BCUT2D eigenvalue weighted by Gasteiger charge is -2.13. The van der Waals surface area contributed by atoms with E-state index in [9.17, 15) is 4.39 Å². The molecule has 2 atom stereocenters. The van der Waals surface area contributed by atoms with Crippen molar-refractivity contribution < 1.29 is 4.39 Å². The van der Waals surface area contributed by atoms with E-state index in [2.05, 4.69) is 6.92 Å². The van der Waals surface area contributed by atoms with Crippen LogP contribution in [-0.4, -0.2) is 17.4 Å². The van der Waals surface area contributed by atoms with Gasteiger partial charge in [-0.1, -0.05) is 26.2 Å². The van der Waals surface area contributed by atoms with Crippen LogP contribution in [0, 0.1) is 0 Å². The Balaban J connectivity index is 3.38. The summed E-state index contributed by atoms with van der Waals surface area (Å²) in [6.07, 6.45) is 4.35. The number of rotatable bonds is 8. The number of unbranched alkanes of at least 4 members (excludes halogenated alkanes) is 2. The van der Waals surface area contributed by atoms with Crippen molar-refractivity contribution in [3.63, 3.8) is 0 Å². The quantitative estimate of drug-likeness (QED) is 0.423. The Morgan fingerprint density at radius 2 is 1.85 bits per heavy atom. The molecule has 13 heavy (non-hydrogen) atoms. The van der Waals surface area contributed by atoms with Crippen molar-refractivity contribution in [3.05, 3.63) is 0 Å². The second-order valence-electron chi connectivity index (χ2n) is 3.36. The van der Waals surface area contributed by atoms with Crippen LogP contribution in [0.4, 0.5) is 4.39 Å². The van der Waals surface area contributed by atoms with Crippen molar-refractivity contribution in [2.24, 2.45) is 0 Å². The zero-order valence-corrected chi connectivity index (χ0v) is 9.75. The molecule has 0 heterocycles. The van der Waals surface area contributed by atoms with Crippen molar-refractivity contribution in [1.82, 2.24) is 0 Å². The average Bonchev–Trinajstić information content (AvgIpc) is 2.14. The summed E-state index contributed by atoms with van der Waals surface area (Å²) in [6.45, 7) is 2.06. The fourth-order valence-electron chi connectivity index (χ4n) is 1.19. The Labute approximate surface area is 90.8 Å². The van der Waals surface area contributed by atoms with Crippen LogP contribution in [0.5, 0.6) is 0 Å². The first kappa shape index (κ1) is 13.5. The van der Waals surface area contributed by atoms with Crippen LogP contribution in [-0.2, 0) is 0 Å². The van der Waals surface area contributed by atoms with Gasteiger partial charge in [0.25, 0.3) is 0 Å². The number of alkyl halides is 3. The molecule has 0 spiro atoms. The van der Waals surface area contributed by atoms with Gasteiger partial charge in [0.05, 0.1) is 5.38 Å². The van der Waals surface area contributed by atoms with E-state index in [0.29, 0.717) is 12.3 Å². The van der Waals surface area contributed by atoms with Crippen LogP contribution in [0.2, 0.25) is 0 Å². The van der Waals surface area contributed by atoms with E-state index >= 15 is 0 Å². The van der Waals surface area contributed by atoms with Crippen molar-refractivity contribution in [3.8, 4) is 0 Å². The van der Waals surface area contributed by atoms with E-state index < -0.39 is 6.17 Å². The second kappa shape index (κ2) is 9.08. The molecule has 0 rings (SSSR count). The Kier molecular flexibility index (Phi) is 9.44. The highest BCUT2D eigenvalue weighted by molar-refractivity contribution is 6.21. The molecular weight excluding hydrogens is 210 g/mol. The monoisotopic (exact) mass is 228 g/mol. The molecule has 0 bridgehead atoms. The van der Waals surface area contributed by atoms with Gasteiger partial charge < -0.3 is 0 Å². The molecule has 0 aromatic carbocycles. The van der Waals surface area contributed by atoms with E-state index in [1.165, 1.54) is 0 Å². The van der Waals surface area contributed by atoms with Gasteiger partial charge in [0.15, 0.2) is 0 Å². The molecule has 0 saturated heterocycles. The minimum absolute atomic E-state index is 0.310. The summed E-state index contributed by atoms with van der Waals surface area (Å²) in [6, 6.07) is 0. The summed E-state index contributed by atoms with van der Waals surface area (Å²) >= 11 is 11.4. The fraction of sp³-hybridized carbons (Fsp3) is 1.00. The maximum Gasteiger partial charge on any atom is 0.116 e. The van der Waals surface area contributed by atoms with Gasteiger partial charge >= 0.3 is 0 Å². The van der Waals surface area contributed by atoms with Crippen LogP contribution < -0.4 is 0 Å². The van der Waals surface area contributed by atoms with Gasteiger partial charge in [-0.3, -0.25) is 0 Å². The van der Waals surface area contributed by atoms with Crippen molar-refractivity contribution in [1.29, 1.82) is 0 Å². The Hall–Kier alpha value is 0.510. The molecule has 0 aliphatic carbocycles. The second-order valence-corrected chi connectivity index (χ2v) is 4.30. The maximum atomic E-state index is 13.2. The Morgan fingerprint density at radius 3 is 2.38 bits per heavy atom. The first-order valence-electron chi connectivity index (χ1n) is 5.06. The summed E-state index contributed by atoms with van der Waals surface area (Å²) in [4.78, 5) is 0. The smallest absolute Gasteiger partial charge is 0.116 e. The lowest BCUT2D eigenvalue weighted by atomic mass is 10.1. The molecule has 0 aromatic heterocycles. The molecule has 0 aromatic rings. The highest BCUT2D eigenvalue weighted by Crippen LogP contribution is 2.19. The summed E-state index contributed by atoms with van der Waals surface area (Å²) in [7, 11) is 0. The third-order valence-corrected chi connectivity index (χ3v) is 2.85. The molecule has 0 amide bonds. The highest BCUT2D eigenvalue weighted by Gasteiger charge is 2.16. The van der Waals surface area contributed by atoms with Crippen molar-refractivity contribution in [2.45, 2.75) is 57.0 Å². The van der Waals surface area contributed by atoms with Gasteiger partial charge in [0.2, 0.25) is 0 Å². The molecule has 0 aliphatic heterocycles. The summed E-state index contributed by atoms with van der Waals surface area (Å²) < 4.78 is 13.2. The molecule has 80 valence electrons. The third kappa shape index (κ3) is 7.57. The standard InChI is InChI=1S/C10H19Cl2F/c1-2-3-7-10(13)9(12)6-4-5-8-11/h9-10H,2-8H2,1H3. The minimum Gasteiger partial charge on any atom is -0.246 e. The van der Waals surface area contributed by atoms with E-state index in [1.807, 2.05) is 0 Å². The predicted molar refractivity (Wildman–Crippen MR) is 58.6 cm³/mol. The molecule has 0 saturated carbocycles. The zero-order chi connectivity index (χ0) is 10.1. The topological polar surface area (TPSA) is 0 Å². The van der Waals surface area contributed by atoms with Gasteiger partial charge in [-0.15, -0.1) is 23.2 Å². The third-order valence-electron chi connectivity index (χ3n) is 2.09. The van der Waals surface area contributed by atoms with Crippen molar-refractivity contribution >= 4 is 23.2 Å². The molecular formula is C10H19Cl2F. The van der Waals surface area contributed by atoms with Crippen LogP contribution in [0.1, 0.15) is 45.4 Å². The lowest BCUT2D eigenvalue weighted by Crippen LogP contribution is -2.15. The minimum atomic E-state index is -0.836. The Morgan fingerprint density at radius 1 is 1.15 bits per heavy atom. The van der Waals surface area contributed by atoms with E-state index in [1.54, 1.807) is 0 Å².